The second-order valence-electron chi connectivity index (χ2n) is 2.60. The molecule has 0 aromatic rings. The first kappa shape index (κ1) is 13.4. The predicted octanol–water partition coefficient (Wildman–Crippen LogP) is 0.952. The molecule has 0 bridgehead atoms. The molecular weight excluding hydrogens is 184 g/mol. The van der Waals surface area contributed by atoms with Crippen LogP contribution >= 0.6 is 0 Å². The van der Waals surface area contributed by atoms with Crippen molar-refractivity contribution in [2.45, 2.75) is 13.3 Å². The summed E-state index contributed by atoms with van der Waals surface area (Å²) in [6.45, 7) is 4.68. The third-order valence-electron chi connectivity index (χ3n) is 1.38. The number of allylic oxidation sites excluding steroid dienone is 1. The molecule has 0 heterocycles. The van der Waals surface area contributed by atoms with Crippen LogP contribution in [0.5, 0.6) is 0 Å². The van der Waals surface area contributed by atoms with Crippen LogP contribution in [-0.2, 0) is 14.2 Å². The van der Waals surface area contributed by atoms with E-state index in [9.17, 15) is 0 Å². The van der Waals surface area contributed by atoms with Crippen LogP contribution < -0.4 is 0 Å². The lowest BCUT2D eigenvalue weighted by molar-refractivity contribution is 0.0203. The van der Waals surface area contributed by atoms with E-state index in [-0.39, 0.29) is 6.61 Å². The minimum absolute atomic E-state index is 0.0604. The molecule has 0 rings (SSSR count). The fourth-order valence-corrected chi connectivity index (χ4v) is 0.726. The molecule has 1 N–H and O–H groups in total. The van der Waals surface area contributed by atoms with Gasteiger partial charge in [0.1, 0.15) is 6.61 Å². The number of rotatable bonds is 10. The molecule has 0 aliphatic rings. The Labute approximate surface area is 85.5 Å². The highest BCUT2D eigenvalue weighted by molar-refractivity contribution is 4.70. The van der Waals surface area contributed by atoms with Gasteiger partial charge in [0.15, 0.2) is 0 Å². The molecule has 0 radical (unpaired) electrons. The van der Waals surface area contributed by atoms with Gasteiger partial charge in [0.25, 0.3) is 0 Å². The normalized spacial score (nSPS) is 11.0. The van der Waals surface area contributed by atoms with Crippen LogP contribution in [0.2, 0.25) is 0 Å². The molecule has 0 amide bonds. The van der Waals surface area contributed by atoms with E-state index in [1.807, 2.05) is 6.08 Å². The van der Waals surface area contributed by atoms with Crippen molar-refractivity contribution in [3.05, 3.63) is 12.3 Å². The van der Waals surface area contributed by atoms with E-state index in [0.29, 0.717) is 33.0 Å². The van der Waals surface area contributed by atoms with E-state index in [0.717, 1.165) is 6.42 Å². The maximum Gasteiger partial charge on any atom is 0.111 e. The minimum Gasteiger partial charge on any atom is -0.499 e. The highest BCUT2D eigenvalue weighted by Gasteiger charge is 1.88. The fraction of sp³-hybridized carbons (Fsp3) is 0.800. The molecule has 0 fully saturated rings. The van der Waals surface area contributed by atoms with E-state index in [1.165, 1.54) is 0 Å². The number of aliphatic hydroxyl groups is 1. The minimum atomic E-state index is 0.0604. The Balaban J connectivity index is 2.88. The monoisotopic (exact) mass is 204 g/mol. The Kier molecular flexibility index (Phi) is 11.9. The van der Waals surface area contributed by atoms with Gasteiger partial charge >= 0.3 is 0 Å². The molecule has 0 aromatic heterocycles. The van der Waals surface area contributed by atoms with Gasteiger partial charge in [0.2, 0.25) is 0 Å². The summed E-state index contributed by atoms with van der Waals surface area (Å²) in [5.74, 6) is 0. The molecule has 84 valence electrons. The molecular formula is C10H20O4. The van der Waals surface area contributed by atoms with Crippen LogP contribution in [0.25, 0.3) is 0 Å². The first-order valence-electron chi connectivity index (χ1n) is 4.94. The highest BCUT2D eigenvalue weighted by atomic mass is 16.5. The molecule has 0 unspecified atom stereocenters. The Hall–Kier alpha value is -0.580. The van der Waals surface area contributed by atoms with E-state index in [1.54, 1.807) is 6.26 Å². The lowest BCUT2D eigenvalue weighted by Gasteiger charge is -2.04. The average molecular weight is 204 g/mol. The molecule has 0 aliphatic heterocycles. The van der Waals surface area contributed by atoms with Crippen LogP contribution in [0.15, 0.2) is 12.3 Å². The largest absolute Gasteiger partial charge is 0.499 e. The molecule has 0 atom stereocenters. The number of aliphatic hydroxyl groups excluding tert-OH is 1. The molecule has 0 spiro atoms. The van der Waals surface area contributed by atoms with Crippen molar-refractivity contribution in [1.82, 2.24) is 0 Å². The van der Waals surface area contributed by atoms with Crippen molar-refractivity contribution in [3.63, 3.8) is 0 Å². The van der Waals surface area contributed by atoms with Gasteiger partial charge in [-0.25, -0.2) is 0 Å². The molecule has 0 aliphatic carbocycles. The lowest BCUT2D eigenvalue weighted by atomic mass is 10.5. The molecule has 4 heteroatoms. The zero-order valence-corrected chi connectivity index (χ0v) is 8.78. The lowest BCUT2D eigenvalue weighted by Crippen LogP contribution is -2.09. The quantitative estimate of drug-likeness (QED) is 0.425. The van der Waals surface area contributed by atoms with E-state index >= 15 is 0 Å². The predicted molar refractivity (Wildman–Crippen MR) is 54.1 cm³/mol. The summed E-state index contributed by atoms with van der Waals surface area (Å²) >= 11 is 0. The standard InChI is InChI=1S/C10H20O4/c1-2-3-5-12-7-9-14-10-8-13-6-4-11/h3,5,11H,2,4,6-10H2,1H3. The van der Waals surface area contributed by atoms with Gasteiger partial charge in [-0.05, 0) is 6.42 Å². The van der Waals surface area contributed by atoms with Crippen molar-refractivity contribution >= 4 is 0 Å². The third-order valence-corrected chi connectivity index (χ3v) is 1.38. The van der Waals surface area contributed by atoms with Gasteiger partial charge in [-0.3, -0.25) is 0 Å². The zero-order valence-electron chi connectivity index (χ0n) is 8.78. The van der Waals surface area contributed by atoms with Crippen LogP contribution in [0.4, 0.5) is 0 Å². The first-order chi connectivity index (χ1) is 6.91. The maximum absolute atomic E-state index is 8.40. The number of hydrogen-bond donors (Lipinski definition) is 1. The Bertz CT molecular complexity index is 125. The van der Waals surface area contributed by atoms with Gasteiger partial charge in [0.05, 0.1) is 39.3 Å². The van der Waals surface area contributed by atoms with Crippen LogP contribution in [0, 0.1) is 0 Å². The summed E-state index contributed by atoms with van der Waals surface area (Å²) in [5, 5.41) is 8.40. The van der Waals surface area contributed by atoms with Crippen molar-refractivity contribution in [2.75, 3.05) is 39.6 Å². The number of hydrogen-bond acceptors (Lipinski definition) is 4. The van der Waals surface area contributed by atoms with E-state index < -0.39 is 0 Å². The maximum atomic E-state index is 8.40. The van der Waals surface area contributed by atoms with Crippen molar-refractivity contribution in [2.24, 2.45) is 0 Å². The molecule has 0 aromatic carbocycles. The van der Waals surface area contributed by atoms with E-state index in [4.69, 9.17) is 19.3 Å². The average Bonchev–Trinajstić information content (AvgIpc) is 2.21. The Morgan fingerprint density at radius 2 is 1.64 bits per heavy atom. The smallest absolute Gasteiger partial charge is 0.111 e. The summed E-state index contributed by atoms with van der Waals surface area (Å²) in [7, 11) is 0. The van der Waals surface area contributed by atoms with Crippen molar-refractivity contribution < 1.29 is 19.3 Å². The van der Waals surface area contributed by atoms with Crippen LogP contribution in [0.1, 0.15) is 13.3 Å². The van der Waals surface area contributed by atoms with Gasteiger partial charge < -0.3 is 19.3 Å². The summed E-state index contributed by atoms with van der Waals surface area (Å²) in [4.78, 5) is 0. The summed E-state index contributed by atoms with van der Waals surface area (Å²) in [6.07, 6.45) is 4.62. The first-order valence-corrected chi connectivity index (χ1v) is 4.94. The SMILES string of the molecule is CCC=COCCOCCOCCO. The fourth-order valence-electron chi connectivity index (χ4n) is 0.726. The molecule has 0 saturated heterocycles. The van der Waals surface area contributed by atoms with Gasteiger partial charge in [-0.15, -0.1) is 0 Å². The second-order valence-corrected chi connectivity index (χ2v) is 2.60. The van der Waals surface area contributed by atoms with Crippen molar-refractivity contribution in [3.8, 4) is 0 Å². The van der Waals surface area contributed by atoms with Crippen LogP contribution in [0.3, 0.4) is 0 Å². The molecule has 14 heavy (non-hydrogen) atoms. The van der Waals surface area contributed by atoms with E-state index in [2.05, 4.69) is 6.92 Å². The topological polar surface area (TPSA) is 47.9 Å². The second kappa shape index (κ2) is 12.4. The molecule has 0 saturated carbocycles. The van der Waals surface area contributed by atoms with Crippen LogP contribution in [-0.4, -0.2) is 44.7 Å². The summed E-state index contributed by atoms with van der Waals surface area (Å²) in [6, 6.07) is 0. The van der Waals surface area contributed by atoms with Gasteiger partial charge in [0, 0.05) is 0 Å². The summed E-state index contributed by atoms with van der Waals surface area (Å²) < 4.78 is 15.3. The Morgan fingerprint density at radius 1 is 1.00 bits per heavy atom. The highest BCUT2D eigenvalue weighted by Crippen LogP contribution is 1.84. The third kappa shape index (κ3) is 11.4. The Morgan fingerprint density at radius 3 is 2.29 bits per heavy atom. The number of ether oxygens (including phenoxy) is 3. The molecule has 4 nitrogen and oxygen atoms in total. The summed E-state index contributed by atoms with van der Waals surface area (Å²) in [5.41, 5.74) is 0. The van der Waals surface area contributed by atoms with Gasteiger partial charge in [-0.1, -0.05) is 13.0 Å². The van der Waals surface area contributed by atoms with Crippen molar-refractivity contribution in [1.29, 1.82) is 0 Å². The van der Waals surface area contributed by atoms with Gasteiger partial charge in [-0.2, -0.15) is 0 Å². The zero-order chi connectivity index (χ0) is 10.5.